The van der Waals surface area contributed by atoms with Crippen molar-refractivity contribution in [3.8, 4) is 0 Å². The molecule has 4 bridgehead atoms. The molecule has 162 valence electrons. The summed E-state index contributed by atoms with van der Waals surface area (Å²) in [5.74, 6) is 3.71. The average Bonchev–Trinajstić information content (AvgIpc) is 2.72. The smallest absolute Gasteiger partial charge is 0.0803 e. The highest BCUT2D eigenvalue weighted by atomic mass is 16.3. The van der Waals surface area contributed by atoms with Crippen LogP contribution in [0, 0.1) is 23.7 Å². The van der Waals surface area contributed by atoms with Gasteiger partial charge in [-0.2, -0.15) is 0 Å². The predicted octanol–water partition coefficient (Wildman–Crippen LogP) is 6.12. The van der Waals surface area contributed by atoms with Crippen LogP contribution in [0.3, 0.4) is 0 Å². The summed E-state index contributed by atoms with van der Waals surface area (Å²) in [6.07, 6.45) is 14.6. The summed E-state index contributed by atoms with van der Waals surface area (Å²) in [5.41, 5.74) is 0.775. The molecule has 0 heterocycles. The van der Waals surface area contributed by atoms with Gasteiger partial charge in [0.05, 0.1) is 5.60 Å². The highest BCUT2D eigenvalue weighted by Crippen LogP contribution is 2.54. The van der Waals surface area contributed by atoms with Gasteiger partial charge < -0.3 is 10.4 Å². The molecule has 4 saturated carbocycles. The molecule has 0 saturated heterocycles. The number of unbranched alkanes of at least 4 members (excludes halogenated alkanes) is 2. The van der Waals surface area contributed by atoms with E-state index < -0.39 is 5.60 Å². The fourth-order valence-electron chi connectivity index (χ4n) is 7.12. The van der Waals surface area contributed by atoms with E-state index in [0.29, 0.717) is 6.04 Å². The van der Waals surface area contributed by atoms with Crippen molar-refractivity contribution in [2.75, 3.05) is 0 Å². The minimum absolute atomic E-state index is 0.172. The van der Waals surface area contributed by atoms with Crippen LogP contribution in [0.2, 0.25) is 0 Å². The van der Waals surface area contributed by atoms with Crippen LogP contribution in [0.1, 0.15) is 90.0 Å². The molecule has 0 spiro atoms. The molecule has 0 amide bonds. The van der Waals surface area contributed by atoms with Crippen LogP contribution >= 0.6 is 0 Å². The number of aliphatic hydroxyl groups is 1. The van der Waals surface area contributed by atoms with Crippen molar-refractivity contribution < 1.29 is 5.11 Å². The minimum Gasteiger partial charge on any atom is -0.388 e. The molecular formula is C27H43NO. The van der Waals surface area contributed by atoms with E-state index in [4.69, 9.17) is 0 Å². The first-order valence-electron chi connectivity index (χ1n) is 12.6. The van der Waals surface area contributed by atoms with Crippen molar-refractivity contribution in [3.63, 3.8) is 0 Å². The van der Waals surface area contributed by atoms with Crippen LogP contribution in [-0.2, 0) is 6.42 Å². The van der Waals surface area contributed by atoms with E-state index in [0.717, 1.165) is 68.6 Å². The first-order valence-corrected chi connectivity index (χ1v) is 12.6. The Morgan fingerprint density at radius 1 is 0.897 bits per heavy atom. The Labute approximate surface area is 178 Å². The summed E-state index contributed by atoms with van der Waals surface area (Å²) < 4.78 is 0. The highest BCUT2D eigenvalue weighted by molar-refractivity contribution is 5.18. The third-order valence-electron chi connectivity index (χ3n) is 8.48. The predicted molar refractivity (Wildman–Crippen MR) is 122 cm³/mol. The fraction of sp³-hybridized carbons (Fsp3) is 0.778. The standard InChI is InChI=1S/C27H43NO/c1-3-5-12-27(29,13-6-4-2)25(19-20-10-8-7-9-11-20)28-26-23-15-21-14-22(17-23)18-24(26)16-21/h7-11,21-26,28-29H,3-6,12-19H2,1-2H3/t21?,22?,23?,24?,25-,26?/m0/s1. The summed E-state index contributed by atoms with van der Waals surface area (Å²) in [4.78, 5) is 0. The Kier molecular flexibility index (Phi) is 7.02. The van der Waals surface area contributed by atoms with Gasteiger partial charge in [0, 0.05) is 12.1 Å². The Balaban J connectivity index is 1.55. The van der Waals surface area contributed by atoms with Crippen LogP contribution in [0.4, 0.5) is 0 Å². The van der Waals surface area contributed by atoms with E-state index in [1.807, 2.05) is 0 Å². The van der Waals surface area contributed by atoms with Gasteiger partial charge in [-0.3, -0.25) is 0 Å². The molecular weight excluding hydrogens is 354 g/mol. The summed E-state index contributed by atoms with van der Waals surface area (Å²) in [6.45, 7) is 4.50. The molecule has 0 aliphatic heterocycles. The molecule has 29 heavy (non-hydrogen) atoms. The van der Waals surface area contributed by atoms with Crippen molar-refractivity contribution in [2.24, 2.45) is 23.7 Å². The van der Waals surface area contributed by atoms with E-state index >= 15 is 0 Å². The van der Waals surface area contributed by atoms with Crippen molar-refractivity contribution in [1.82, 2.24) is 5.32 Å². The van der Waals surface area contributed by atoms with Gasteiger partial charge in [-0.1, -0.05) is 69.9 Å². The third-order valence-corrected chi connectivity index (χ3v) is 8.48. The van der Waals surface area contributed by atoms with Gasteiger partial charge >= 0.3 is 0 Å². The zero-order chi connectivity index (χ0) is 20.3. The Bertz CT molecular complexity index is 591. The van der Waals surface area contributed by atoms with Gasteiger partial charge in [0.25, 0.3) is 0 Å². The molecule has 2 nitrogen and oxygen atoms in total. The second kappa shape index (κ2) is 9.52. The highest BCUT2D eigenvalue weighted by Gasteiger charge is 2.49. The normalized spacial score (nSPS) is 31.9. The van der Waals surface area contributed by atoms with Gasteiger partial charge in [-0.25, -0.2) is 0 Å². The van der Waals surface area contributed by atoms with Crippen LogP contribution in [-0.4, -0.2) is 22.8 Å². The van der Waals surface area contributed by atoms with Crippen LogP contribution in [0.15, 0.2) is 30.3 Å². The maximum Gasteiger partial charge on any atom is 0.0803 e. The lowest BCUT2D eigenvalue weighted by Gasteiger charge is -2.56. The second-order valence-electron chi connectivity index (χ2n) is 10.7. The molecule has 0 radical (unpaired) electrons. The Morgan fingerprint density at radius 3 is 1.97 bits per heavy atom. The number of hydrogen-bond acceptors (Lipinski definition) is 2. The molecule has 4 fully saturated rings. The first-order chi connectivity index (χ1) is 14.1. The van der Waals surface area contributed by atoms with E-state index in [-0.39, 0.29) is 6.04 Å². The molecule has 2 heteroatoms. The molecule has 4 aliphatic rings. The molecule has 2 N–H and O–H groups in total. The van der Waals surface area contributed by atoms with E-state index in [1.54, 1.807) is 0 Å². The topological polar surface area (TPSA) is 32.3 Å². The SMILES string of the molecule is CCCCC(O)(CCCC)[C@H](Cc1ccccc1)NC1C2CC3CC(C2)CC1C3. The minimum atomic E-state index is -0.587. The summed E-state index contributed by atoms with van der Waals surface area (Å²) in [5, 5.41) is 16.1. The maximum absolute atomic E-state index is 12.0. The average molecular weight is 398 g/mol. The second-order valence-corrected chi connectivity index (χ2v) is 10.7. The van der Waals surface area contributed by atoms with E-state index in [1.165, 1.54) is 37.7 Å². The molecule has 4 aliphatic carbocycles. The molecule has 1 aromatic carbocycles. The number of nitrogens with one attached hydrogen (secondary N) is 1. The van der Waals surface area contributed by atoms with Gasteiger partial charge in [0.1, 0.15) is 0 Å². The number of rotatable bonds is 11. The maximum atomic E-state index is 12.0. The van der Waals surface area contributed by atoms with Gasteiger partial charge in [-0.05, 0) is 80.6 Å². The zero-order valence-corrected chi connectivity index (χ0v) is 18.8. The lowest BCUT2D eigenvalue weighted by atomic mass is 9.54. The number of hydrogen-bond donors (Lipinski definition) is 2. The lowest BCUT2D eigenvalue weighted by Crippen LogP contribution is -2.62. The molecule has 1 aromatic rings. The quantitative estimate of drug-likeness (QED) is 0.471. The van der Waals surface area contributed by atoms with E-state index in [2.05, 4.69) is 49.5 Å². The van der Waals surface area contributed by atoms with Crippen LogP contribution < -0.4 is 5.32 Å². The Hall–Kier alpha value is -0.860. The summed E-state index contributed by atoms with van der Waals surface area (Å²) >= 11 is 0. The van der Waals surface area contributed by atoms with Gasteiger partial charge in [0.2, 0.25) is 0 Å². The van der Waals surface area contributed by atoms with Crippen LogP contribution in [0.5, 0.6) is 0 Å². The molecule has 5 rings (SSSR count). The summed E-state index contributed by atoms with van der Waals surface area (Å²) in [6, 6.07) is 11.7. The third kappa shape index (κ3) is 4.90. The van der Waals surface area contributed by atoms with Crippen molar-refractivity contribution in [3.05, 3.63) is 35.9 Å². The summed E-state index contributed by atoms with van der Waals surface area (Å²) in [7, 11) is 0. The van der Waals surface area contributed by atoms with Crippen LogP contribution in [0.25, 0.3) is 0 Å². The Morgan fingerprint density at radius 2 is 1.45 bits per heavy atom. The van der Waals surface area contributed by atoms with Gasteiger partial charge in [0.15, 0.2) is 0 Å². The van der Waals surface area contributed by atoms with Crippen molar-refractivity contribution in [1.29, 1.82) is 0 Å². The zero-order valence-electron chi connectivity index (χ0n) is 18.8. The monoisotopic (exact) mass is 397 g/mol. The lowest BCUT2D eigenvalue weighted by molar-refractivity contribution is -0.0565. The van der Waals surface area contributed by atoms with Crippen molar-refractivity contribution >= 4 is 0 Å². The molecule has 0 unspecified atom stereocenters. The van der Waals surface area contributed by atoms with Gasteiger partial charge in [-0.15, -0.1) is 0 Å². The number of benzene rings is 1. The molecule has 1 atom stereocenters. The van der Waals surface area contributed by atoms with Crippen molar-refractivity contribution in [2.45, 2.75) is 109 Å². The first kappa shape index (κ1) is 21.4. The molecule has 0 aromatic heterocycles. The fourth-order valence-corrected chi connectivity index (χ4v) is 7.12. The van der Waals surface area contributed by atoms with E-state index in [9.17, 15) is 5.11 Å². The largest absolute Gasteiger partial charge is 0.388 e.